The van der Waals surface area contributed by atoms with Crippen LogP contribution >= 0.6 is 0 Å². The Morgan fingerprint density at radius 2 is 1.90 bits per heavy atom. The number of benzene rings is 2. The molecule has 0 bridgehead atoms. The number of aryl methyl sites for hydroxylation is 1. The van der Waals surface area contributed by atoms with Gasteiger partial charge in [0.1, 0.15) is 0 Å². The molecule has 0 aliphatic heterocycles. The van der Waals surface area contributed by atoms with Crippen LogP contribution in [0.4, 0.5) is 16.2 Å². The third-order valence-electron chi connectivity index (χ3n) is 3.21. The Labute approximate surface area is 125 Å². The van der Waals surface area contributed by atoms with Crippen molar-refractivity contribution in [3.63, 3.8) is 0 Å². The van der Waals surface area contributed by atoms with Gasteiger partial charge in [-0.2, -0.15) is 0 Å². The fourth-order valence-electron chi connectivity index (χ4n) is 2.19. The molecule has 110 valence electrons. The summed E-state index contributed by atoms with van der Waals surface area (Å²) < 4.78 is 0. The van der Waals surface area contributed by atoms with E-state index in [4.69, 9.17) is 5.73 Å². The van der Waals surface area contributed by atoms with Crippen LogP contribution in [0.5, 0.6) is 0 Å². The molecule has 2 amide bonds. The van der Waals surface area contributed by atoms with Crippen molar-refractivity contribution in [1.29, 1.82) is 0 Å². The van der Waals surface area contributed by atoms with Gasteiger partial charge in [0, 0.05) is 17.9 Å². The molecule has 0 saturated carbocycles. The Kier molecular flexibility index (Phi) is 5.35. The van der Waals surface area contributed by atoms with Gasteiger partial charge in [-0.1, -0.05) is 43.7 Å². The van der Waals surface area contributed by atoms with Gasteiger partial charge in [-0.3, -0.25) is 0 Å². The number of carbonyl (C=O) groups is 1. The second-order valence-corrected chi connectivity index (χ2v) is 4.89. The SMILES string of the molecule is CCCc1ccccc1NC(=O)Nc1cccc(CN)c1. The molecule has 0 aliphatic carbocycles. The number of amides is 2. The van der Waals surface area contributed by atoms with Crippen molar-refractivity contribution in [3.05, 3.63) is 59.7 Å². The zero-order chi connectivity index (χ0) is 15.1. The van der Waals surface area contributed by atoms with Crippen LogP contribution in [0.25, 0.3) is 0 Å². The summed E-state index contributed by atoms with van der Waals surface area (Å²) in [5.74, 6) is 0. The highest BCUT2D eigenvalue weighted by molar-refractivity contribution is 6.00. The Bertz CT molecular complexity index is 610. The van der Waals surface area contributed by atoms with Crippen LogP contribution in [0.1, 0.15) is 24.5 Å². The number of para-hydroxylation sites is 1. The predicted molar refractivity (Wildman–Crippen MR) is 87.4 cm³/mol. The number of rotatable bonds is 5. The van der Waals surface area contributed by atoms with E-state index in [-0.39, 0.29) is 6.03 Å². The van der Waals surface area contributed by atoms with E-state index in [1.807, 2.05) is 48.5 Å². The van der Waals surface area contributed by atoms with Gasteiger partial charge in [0.15, 0.2) is 0 Å². The number of hydrogen-bond donors (Lipinski definition) is 3. The third-order valence-corrected chi connectivity index (χ3v) is 3.21. The highest BCUT2D eigenvalue weighted by atomic mass is 16.2. The minimum Gasteiger partial charge on any atom is -0.326 e. The van der Waals surface area contributed by atoms with Gasteiger partial charge in [0.05, 0.1) is 0 Å². The molecule has 4 heteroatoms. The standard InChI is InChI=1S/C17H21N3O/c1-2-6-14-8-3-4-10-16(14)20-17(21)19-15-9-5-7-13(11-15)12-18/h3-5,7-11H,2,6,12,18H2,1H3,(H2,19,20,21). The molecule has 21 heavy (non-hydrogen) atoms. The third kappa shape index (κ3) is 4.33. The Morgan fingerprint density at radius 3 is 2.67 bits per heavy atom. The summed E-state index contributed by atoms with van der Waals surface area (Å²) in [6.07, 6.45) is 1.98. The van der Waals surface area contributed by atoms with Crippen LogP contribution in [0.2, 0.25) is 0 Å². The van der Waals surface area contributed by atoms with E-state index < -0.39 is 0 Å². The summed E-state index contributed by atoms with van der Waals surface area (Å²) in [6.45, 7) is 2.58. The quantitative estimate of drug-likeness (QED) is 0.782. The van der Waals surface area contributed by atoms with E-state index in [1.165, 1.54) is 0 Å². The molecule has 4 N–H and O–H groups in total. The van der Waals surface area contributed by atoms with E-state index in [1.54, 1.807) is 0 Å². The van der Waals surface area contributed by atoms with E-state index >= 15 is 0 Å². The van der Waals surface area contributed by atoms with E-state index in [0.29, 0.717) is 6.54 Å². The van der Waals surface area contributed by atoms with Gasteiger partial charge in [-0.15, -0.1) is 0 Å². The van der Waals surface area contributed by atoms with Gasteiger partial charge in [0.2, 0.25) is 0 Å². The summed E-state index contributed by atoms with van der Waals surface area (Å²) in [6, 6.07) is 15.1. The summed E-state index contributed by atoms with van der Waals surface area (Å²) in [5.41, 5.74) is 9.32. The van der Waals surface area contributed by atoms with Crippen LogP contribution < -0.4 is 16.4 Å². The molecule has 0 fully saturated rings. The lowest BCUT2D eigenvalue weighted by atomic mass is 10.1. The highest BCUT2D eigenvalue weighted by Crippen LogP contribution is 2.17. The van der Waals surface area contributed by atoms with E-state index in [9.17, 15) is 4.79 Å². The molecule has 0 radical (unpaired) electrons. The fourth-order valence-corrected chi connectivity index (χ4v) is 2.19. The maximum Gasteiger partial charge on any atom is 0.323 e. The first-order valence-electron chi connectivity index (χ1n) is 7.18. The first-order valence-corrected chi connectivity index (χ1v) is 7.18. The van der Waals surface area contributed by atoms with Gasteiger partial charge in [-0.25, -0.2) is 4.79 Å². The van der Waals surface area contributed by atoms with Crippen molar-refractivity contribution in [2.45, 2.75) is 26.3 Å². The zero-order valence-electron chi connectivity index (χ0n) is 12.2. The average Bonchev–Trinajstić information content (AvgIpc) is 2.49. The van der Waals surface area contributed by atoms with Crippen LogP contribution in [0.15, 0.2) is 48.5 Å². The number of carbonyl (C=O) groups excluding carboxylic acids is 1. The Morgan fingerprint density at radius 1 is 1.10 bits per heavy atom. The van der Waals surface area contributed by atoms with Crippen LogP contribution in [0.3, 0.4) is 0 Å². The van der Waals surface area contributed by atoms with Gasteiger partial charge in [0.25, 0.3) is 0 Å². The van der Waals surface area contributed by atoms with Crippen molar-refractivity contribution < 1.29 is 4.79 Å². The second-order valence-electron chi connectivity index (χ2n) is 4.89. The molecule has 0 saturated heterocycles. The molecule has 2 aromatic carbocycles. The zero-order valence-corrected chi connectivity index (χ0v) is 12.2. The van der Waals surface area contributed by atoms with Gasteiger partial charge >= 0.3 is 6.03 Å². The summed E-state index contributed by atoms with van der Waals surface area (Å²) in [4.78, 5) is 12.1. The lowest BCUT2D eigenvalue weighted by molar-refractivity contribution is 0.262. The normalized spacial score (nSPS) is 10.2. The topological polar surface area (TPSA) is 67.2 Å². The first-order chi connectivity index (χ1) is 10.2. The smallest absolute Gasteiger partial charge is 0.323 e. The molecule has 2 aromatic rings. The molecular weight excluding hydrogens is 262 g/mol. The van der Waals surface area contributed by atoms with E-state index in [2.05, 4.69) is 17.6 Å². The lowest BCUT2D eigenvalue weighted by Gasteiger charge is -2.12. The number of urea groups is 1. The molecule has 0 spiro atoms. The van der Waals surface area contributed by atoms with Crippen molar-refractivity contribution >= 4 is 17.4 Å². The number of nitrogens with two attached hydrogens (primary N) is 1. The molecule has 2 rings (SSSR count). The summed E-state index contributed by atoms with van der Waals surface area (Å²) in [5, 5.41) is 5.73. The molecular formula is C17H21N3O. The highest BCUT2D eigenvalue weighted by Gasteiger charge is 2.06. The predicted octanol–water partition coefficient (Wildman–Crippen LogP) is 3.74. The molecule has 4 nitrogen and oxygen atoms in total. The number of anilines is 2. The minimum atomic E-state index is -0.243. The Balaban J connectivity index is 2.04. The van der Waals surface area contributed by atoms with Crippen molar-refractivity contribution in [2.24, 2.45) is 5.73 Å². The molecule has 0 unspecified atom stereocenters. The second kappa shape index (κ2) is 7.45. The van der Waals surface area contributed by atoms with Crippen molar-refractivity contribution in [2.75, 3.05) is 10.6 Å². The molecule has 0 aromatic heterocycles. The maximum atomic E-state index is 12.1. The summed E-state index contributed by atoms with van der Waals surface area (Å²) in [7, 11) is 0. The van der Waals surface area contributed by atoms with Crippen LogP contribution in [-0.4, -0.2) is 6.03 Å². The number of hydrogen-bond acceptors (Lipinski definition) is 2. The number of nitrogens with one attached hydrogen (secondary N) is 2. The average molecular weight is 283 g/mol. The van der Waals surface area contributed by atoms with Crippen LogP contribution in [-0.2, 0) is 13.0 Å². The largest absolute Gasteiger partial charge is 0.326 e. The minimum absolute atomic E-state index is 0.243. The first kappa shape index (κ1) is 15.1. The molecule has 0 heterocycles. The fraction of sp³-hybridized carbons (Fsp3) is 0.235. The van der Waals surface area contributed by atoms with Gasteiger partial charge in [-0.05, 0) is 35.7 Å². The monoisotopic (exact) mass is 283 g/mol. The molecule has 0 aliphatic rings. The maximum absolute atomic E-state index is 12.1. The lowest BCUT2D eigenvalue weighted by Crippen LogP contribution is -2.20. The summed E-state index contributed by atoms with van der Waals surface area (Å²) >= 11 is 0. The molecule has 0 atom stereocenters. The van der Waals surface area contributed by atoms with Crippen LogP contribution in [0, 0.1) is 0 Å². The Hall–Kier alpha value is -2.33. The van der Waals surface area contributed by atoms with Crippen molar-refractivity contribution in [3.8, 4) is 0 Å². The van der Waals surface area contributed by atoms with Gasteiger partial charge < -0.3 is 16.4 Å². The van der Waals surface area contributed by atoms with E-state index in [0.717, 1.165) is 35.3 Å². The van der Waals surface area contributed by atoms with Crippen molar-refractivity contribution in [1.82, 2.24) is 0 Å².